The van der Waals surface area contributed by atoms with Crippen molar-refractivity contribution in [2.24, 2.45) is 5.92 Å². The summed E-state index contributed by atoms with van der Waals surface area (Å²) in [6.07, 6.45) is 4.09. The van der Waals surface area contributed by atoms with Crippen LogP contribution in [0.3, 0.4) is 0 Å². The molecule has 100 valence electrons. The maximum absolute atomic E-state index is 3.68. The number of hydrogen-bond acceptors (Lipinski definition) is 3. The Kier molecular flexibility index (Phi) is 4.83. The minimum atomic E-state index is 0.719. The third-order valence-electron chi connectivity index (χ3n) is 4.16. The lowest BCUT2D eigenvalue weighted by Gasteiger charge is -2.43. The van der Waals surface area contributed by atoms with Crippen LogP contribution in [-0.2, 0) is 0 Å². The first-order chi connectivity index (χ1) is 8.15. The molecular formula is C14H29N3. The van der Waals surface area contributed by atoms with E-state index in [0.29, 0.717) is 0 Å². The molecule has 17 heavy (non-hydrogen) atoms. The average molecular weight is 239 g/mol. The lowest BCUT2D eigenvalue weighted by Crippen LogP contribution is -2.57. The Bertz CT molecular complexity index is 230. The fourth-order valence-corrected chi connectivity index (χ4v) is 3.35. The Hall–Kier alpha value is -0.120. The van der Waals surface area contributed by atoms with Crippen molar-refractivity contribution in [3.63, 3.8) is 0 Å². The van der Waals surface area contributed by atoms with E-state index in [1.165, 1.54) is 52.0 Å². The molecule has 2 fully saturated rings. The molecule has 0 aliphatic carbocycles. The van der Waals surface area contributed by atoms with Crippen molar-refractivity contribution in [1.82, 2.24) is 15.1 Å². The topological polar surface area (TPSA) is 18.5 Å². The van der Waals surface area contributed by atoms with Crippen LogP contribution in [0.4, 0.5) is 0 Å². The first-order valence-electron chi connectivity index (χ1n) is 7.31. The van der Waals surface area contributed by atoms with Crippen molar-refractivity contribution in [2.45, 2.75) is 45.2 Å². The van der Waals surface area contributed by atoms with E-state index in [-0.39, 0.29) is 0 Å². The molecule has 0 aromatic carbocycles. The van der Waals surface area contributed by atoms with Crippen molar-refractivity contribution in [2.75, 3.05) is 39.8 Å². The van der Waals surface area contributed by atoms with Crippen molar-refractivity contribution >= 4 is 0 Å². The van der Waals surface area contributed by atoms with Crippen molar-refractivity contribution < 1.29 is 0 Å². The van der Waals surface area contributed by atoms with Gasteiger partial charge in [-0.15, -0.1) is 0 Å². The maximum atomic E-state index is 3.68. The van der Waals surface area contributed by atoms with Gasteiger partial charge in [0.2, 0.25) is 0 Å². The van der Waals surface area contributed by atoms with Gasteiger partial charge in [0.1, 0.15) is 0 Å². The van der Waals surface area contributed by atoms with Crippen molar-refractivity contribution in [1.29, 1.82) is 0 Å². The van der Waals surface area contributed by atoms with Crippen LogP contribution in [0, 0.1) is 5.92 Å². The van der Waals surface area contributed by atoms with E-state index < -0.39 is 0 Å². The summed E-state index contributed by atoms with van der Waals surface area (Å²) in [6.45, 7) is 10.9. The standard InChI is InChI=1S/C14H29N3/c1-12(2)9-13-10-17(8-6-15-13)14-5-4-7-16(3)11-14/h12-15H,4-11H2,1-3H3. The zero-order chi connectivity index (χ0) is 12.3. The Morgan fingerprint density at radius 3 is 2.76 bits per heavy atom. The summed E-state index contributed by atoms with van der Waals surface area (Å²) < 4.78 is 0. The number of rotatable bonds is 3. The van der Waals surface area contributed by atoms with E-state index in [9.17, 15) is 0 Å². The molecule has 0 saturated carbocycles. The molecule has 2 atom stereocenters. The number of piperazine rings is 1. The molecule has 2 aliphatic rings. The van der Waals surface area contributed by atoms with Gasteiger partial charge in [-0.2, -0.15) is 0 Å². The number of piperidine rings is 1. The highest BCUT2D eigenvalue weighted by atomic mass is 15.3. The first kappa shape index (κ1) is 13.3. The molecule has 2 rings (SSSR count). The molecule has 3 heteroatoms. The summed E-state index contributed by atoms with van der Waals surface area (Å²) in [5.74, 6) is 0.807. The Labute approximate surface area is 107 Å². The molecular weight excluding hydrogens is 210 g/mol. The normalized spacial score (nSPS) is 33.2. The number of nitrogens with one attached hydrogen (secondary N) is 1. The van der Waals surface area contributed by atoms with Crippen LogP contribution in [0.15, 0.2) is 0 Å². The second kappa shape index (κ2) is 6.17. The minimum absolute atomic E-state index is 0.719. The average Bonchev–Trinajstić information content (AvgIpc) is 2.28. The third-order valence-corrected chi connectivity index (χ3v) is 4.16. The van der Waals surface area contributed by atoms with Gasteiger partial charge in [0.15, 0.2) is 0 Å². The largest absolute Gasteiger partial charge is 0.311 e. The summed E-state index contributed by atoms with van der Waals surface area (Å²) in [7, 11) is 2.26. The zero-order valence-corrected chi connectivity index (χ0v) is 11.8. The number of nitrogens with zero attached hydrogens (tertiary/aromatic N) is 2. The zero-order valence-electron chi connectivity index (χ0n) is 11.8. The maximum Gasteiger partial charge on any atom is 0.0224 e. The molecule has 2 aliphatic heterocycles. The monoisotopic (exact) mass is 239 g/mol. The van der Waals surface area contributed by atoms with E-state index in [4.69, 9.17) is 0 Å². The number of hydrogen-bond donors (Lipinski definition) is 1. The van der Waals surface area contributed by atoms with Crippen LogP contribution in [0.25, 0.3) is 0 Å². The molecule has 0 bridgehead atoms. The molecule has 2 unspecified atom stereocenters. The van der Waals surface area contributed by atoms with Gasteiger partial charge >= 0.3 is 0 Å². The van der Waals surface area contributed by atoms with E-state index in [2.05, 4.69) is 36.0 Å². The molecule has 0 aromatic rings. The number of likely N-dealkylation sites (N-methyl/N-ethyl adjacent to an activating group) is 1. The van der Waals surface area contributed by atoms with Crippen LogP contribution < -0.4 is 5.32 Å². The smallest absolute Gasteiger partial charge is 0.0224 e. The first-order valence-corrected chi connectivity index (χ1v) is 7.31. The van der Waals surface area contributed by atoms with Crippen molar-refractivity contribution in [3.8, 4) is 0 Å². The Balaban J connectivity index is 1.83. The lowest BCUT2D eigenvalue weighted by molar-refractivity contribution is 0.0808. The Morgan fingerprint density at radius 2 is 2.06 bits per heavy atom. The number of likely N-dealkylation sites (tertiary alicyclic amines) is 1. The molecule has 2 saturated heterocycles. The molecule has 2 heterocycles. The van der Waals surface area contributed by atoms with Gasteiger partial charge in [0, 0.05) is 38.3 Å². The lowest BCUT2D eigenvalue weighted by atomic mass is 9.98. The van der Waals surface area contributed by atoms with Gasteiger partial charge in [-0.3, -0.25) is 4.90 Å². The van der Waals surface area contributed by atoms with Gasteiger partial charge in [0.25, 0.3) is 0 Å². The van der Waals surface area contributed by atoms with Crippen LogP contribution in [0.1, 0.15) is 33.1 Å². The van der Waals surface area contributed by atoms with E-state index in [1.807, 2.05) is 0 Å². The predicted molar refractivity (Wildman–Crippen MR) is 73.3 cm³/mol. The summed E-state index contributed by atoms with van der Waals surface area (Å²) in [6, 6.07) is 1.53. The van der Waals surface area contributed by atoms with E-state index >= 15 is 0 Å². The van der Waals surface area contributed by atoms with Gasteiger partial charge in [-0.1, -0.05) is 13.8 Å². The molecule has 0 aromatic heterocycles. The van der Waals surface area contributed by atoms with Gasteiger partial charge in [0.05, 0.1) is 0 Å². The quantitative estimate of drug-likeness (QED) is 0.803. The highest BCUT2D eigenvalue weighted by molar-refractivity contribution is 4.86. The van der Waals surface area contributed by atoms with Gasteiger partial charge in [-0.25, -0.2) is 0 Å². The van der Waals surface area contributed by atoms with E-state index in [0.717, 1.165) is 18.0 Å². The molecule has 0 spiro atoms. The SMILES string of the molecule is CC(C)CC1CN(C2CCCN(C)C2)CCN1. The highest BCUT2D eigenvalue weighted by Gasteiger charge is 2.28. The van der Waals surface area contributed by atoms with Crippen LogP contribution in [0.2, 0.25) is 0 Å². The second-order valence-corrected chi connectivity index (χ2v) is 6.33. The predicted octanol–water partition coefficient (Wildman–Crippen LogP) is 1.40. The molecule has 3 nitrogen and oxygen atoms in total. The van der Waals surface area contributed by atoms with Gasteiger partial charge < -0.3 is 10.2 Å². The fraction of sp³-hybridized carbons (Fsp3) is 1.00. The van der Waals surface area contributed by atoms with E-state index in [1.54, 1.807) is 0 Å². The minimum Gasteiger partial charge on any atom is -0.311 e. The second-order valence-electron chi connectivity index (χ2n) is 6.33. The van der Waals surface area contributed by atoms with Crippen molar-refractivity contribution in [3.05, 3.63) is 0 Å². The van der Waals surface area contributed by atoms with Gasteiger partial charge in [-0.05, 0) is 38.8 Å². The fourth-order valence-electron chi connectivity index (χ4n) is 3.35. The molecule has 0 radical (unpaired) electrons. The third kappa shape index (κ3) is 3.94. The summed E-state index contributed by atoms with van der Waals surface area (Å²) in [4.78, 5) is 5.23. The molecule has 0 amide bonds. The molecule has 1 N–H and O–H groups in total. The van der Waals surface area contributed by atoms with Crippen LogP contribution >= 0.6 is 0 Å². The Morgan fingerprint density at radius 1 is 1.24 bits per heavy atom. The highest BCUT2D eigenvalue weighted by Crippen LogP contribution is 2.18. The van der Waals surface area contributed by atoms with Crippen LogP contribution in [-0.4, -0.2) is 61.7 Å². The van der Waals surface area contributed by atoms with Crippen LogP contribution in [0.5, 0.6) is 0 Å². The summed E-state index contributed by atoms with van der Waals surface area (Å²) in [5.41, 5.74) is 0. The summed E-state index contributed by atoms with van der Waals surface area (Å²) in [5, 5.41) is 3.68. The summed E-state index contributed by atoms with van der Waals surface area (Å²) >= 11 is 0.